The lowest BCUT2D eigenvalue weighted by Gasteiger charge is -2.06. The minimum Gasteiger partial charge on any atom is -0.385 e. The summed E-state index contributed by atoms with van der Waals surface area (Å²) in [5.41, 5.74) is 3.60. The summed E-state index contributed by atoms with van der Waals surface area (Å²) >= 11 is 1.58. The number of thioether (sulfide) groups is 1. The van der Waals surface area contributed by atoms with Crippen LogP contribution in [0.5, 0.6) is 0 Å². The zero-order chi connectivity index (χ0) is 15.2. The lowest BCUT2D eigenvalue weighted by Crippen LogP contribution is -2.18. The van der Waals surface area contributed by atoms with E-state index in [-0.39, 0.29) is 5.69 Å². The predicted molar refractivity (Wildman–Crippen MR) is 84.8 cm³/mol. The summed E-state index contributed by atoms with van der Waals surface area (Å²) in [6, 6.07) is 6.49. The molecule has 1 aromatic heterocycles. The van der Waals surface area contributed by atoms with Gasteiger partial charge in [0.2, 0.25) is 0 Å². The molecule has 1 aromatic carbocycles. The summed E-state index contributed by atoms with van der Waals surface area (Å²) in [4.78, 5) is 11.7. The van der Waals surface area contributed by atoms with Crippen LogP contribution in [0.3, 0.4) is 0 Å². The first-order chi connectivity index (χ1) is 10.1. The molecule has 2 rings (SSSR count). The largest absolute Gasteiger partial charge is 0.385 e. The highest BCUT2D eigenvalue weighted by Gasteiger charge is 2.09. The van der Waals surface area contributed by atoms with Crippen molar-refractivity contribution < 1.29 is 4.74 Å². The molecule has 0 amide bonds. The van der Waals surface area contributed by atoms with Crippen molar-refractivity contribution in [3.05, 3.63) is 45.4 Å². The number of aryl methyl sites for hydroxylation is 2. The number of ether oxygens (including phenoxy) is 1. The number of methoxy groups -OCH3 is 1. The zero-order valence-corrected chi connectivity index (χ0v) is 13.5. The number of aromatic nitrogens is 3. The van der Waals surface area contributed by atoms with Crippen LogP contribution >= 0.6 is 11.8 Å². The Morgan fingerprint density at radius 1 is 1.29 bits per heavy atom. The second-order valence-corrected chi connectivity index (χ2v) is 6.04. The molecule has 1 N–H and O–H groups in total. The Morgan fingerprint density at radius 3 is 2.67 bits per heavy atom. The maximum Gasteiger partial charge on any atom is 0.343 e. The fraction of sp³-hybridized carbons (Fsp3) is 0.467. The van der Waals surface area contributed by atoms with Crippen molar-refractivity contribution >= 4 is 11.8 Å². The van der Waals surface area contributed by atoms with Gasteiger partial charge in [-0.05, 0) is 25.8 Å². The van der Waals surface area contributed by atoms with Crippen LogP contribution in [0.1, 0.15) is 23.1 Å². The highest BCUT2D eigenvalue weighted by atomic mass is 32.2. The van der Waals surface area contributed by atoms with Crippen LogP contribution in [0.25, 0.3) is 0 Å². The Morgan fingerprint density at radius 2 is 2.00 bits per heavy atom. The summed E-state index contributed by atoms with van der Waals surface area (Å²) in [7, 11) is 1.66. The molecular weight excluding hydrogens is 286 g/mol. The van der Waals surface area contributed by atoms with Gasteiger partial charge in [-0.25, -0.2) is 9.89 Å². The molecule has 0 radical (unpaired) electrons. The Bertz CT molecular complexity index is 628. The molecule has 0 fully saturated rings. The van der Waals surface area contributed by atoms with E-state index in [2.05, 4.69) is 42.2 Å². The molecule has 0 saturated carbocycles. The maximum atomic E-state index is 11.7. The Hall–Kier alpha value is -1.53. The number of rotatable bonds is 7. The Balaban J connectivity index is 2.04. The van der Waals surface area contributed by atoms with E-state index in [1.54, 1.807) is 23.4 Å². The van der Waals surface area contributed by atoms with Crippen LogP contribution in [0.4, 0.5) is 0 Å². The van der Waals surface area contributed by atoms with Gasteiger partial charge in [0.15, 0.2) is 5.16 Å². The van der Waals surface area contributed by atoms with Gasteiger partial charge in [-0.2, -0.15) is 0 Å². The standard InChI is InChI=1S/C15H21N3O2S/c1-11-7-12(2)9-13(8-11)10-21-15-17-16-14(19)18(15)5-4-6-20-3/h7-9H,4-6,10H2,1-3H3,(H,16,19). The van der Waals surface area contributed by atoms with Crippen molar-refractivity contribution in [3.63, 3.8) is 0 Å². The van der Waals surface area contributed by atoms with E-state index in [0.717, 1.165) is 17.3 Å². The Labute approximate surface area is 128 Å². The van der Waals surface area contributed by atoms with Crippen LogP contribution in [-0.2, 0) is 17.0 Å². The summed E-state index contributed by atoms with van der Waals surface area (Å²) in [5, 5.41) is 7.35. The van der Waals surface area contributed by atoms with Gasteiger partial charge in [-0.15, -0.1) is 5.10 Å². The second-order valence-electron chi connectivity index (χ2n) is 5.09. The summed E-state index contributed by atoms with van der Waals surface area (Å²) in [6.45, 7) is 5.45. The summed E-state index contributed by atoms with van der Waals surface area (Å²) in [5.74, 6) is 0.803. The number of nitrogens with one attached hydrogen (secondary N) is 1. The molecule has 2 aromatic rings. The smallest absolute Gasteiger partial charge is 0.343 e. The number of benzene rings is 1. The number of nitrogens with zero attached hydrogens (tertiary/aromatic N) is 2. The number of H-pyrrole nitrogens is 1. The molecule has 0 aliphatic heterocycles. The molecule has 5 nitrogen and oxygen atoms in total. The minimum absolute atomic E-state index is 0.158. The van der Waals surface area contributed by atoms with Crippen LogP contribution < -0.4 is 5.69 Å². The molecule has 0 aliphatic carbocycles. The first kappa shape index (κ1) is 15.9. The monoisotopic (exact) mass is 307 g/mol. The van der Waals surface area contributed by atoms with Crippen molar-refractivity contribution in [2.24, 2.45) is 0 Å². The van der Waals surface area contributed by atoms with Crippen LogP contribution in [0.15, 0.2) is 28.2 Å². The second kappa shape index (κ2) is 7.47. The molecule has 21 heavy (non-hydrogen) atoms. The third-order valence-electron chi connectivity index (χ3n) is 3.10. The van der Waals surface area contributed by atoms with E-state index in [1.807, 2.05) is 0 Å². The molecule has 1 heterocycles. The maximum absolute atomic E-state index is 11.7. The highest BCUT2D eigenvalue weighted by molar-refractivity contribution is 7.98. The van der Waals surface area contributed by atoms with Gasteiger partial charge in [0.25, 0.3) is 0 Å². The van der Waals surface area contributed by atoms with Crippen molar-refractivity contribution in [1.82, 2.24) is 14.8 Å². The number of aromatic amines is 1. The van der Waals surface area contributed by atoms with Gasteiger partial charge in [-0.3, -0.25) is 4.57 Å². The van der Waals surface area contributed by atoms with E-state index >= 15 is 0 Å². The first-order valence-corrected chi connectivity index (χ1v) is 7.93. The lowest BCUT2D eigenvalue weighted by atomic mass is 10.1. The lowest BCUT2D eigenvalue weighted by molar-refractivity contribution is 0.189. The molecule has 0 bridgehead atoms. The van der Waals surface area contributed by atoms with Gasteiger partial charge in [0, 0.05) is 26.0 Å². The average molecular weight is 307 g/mol. The fourth-order valence-electron chi connectivity index (χ4n) is 2.28. The topological polar surface area (TPSA) is 59.9 Å². The minimum atomic E-state index is -0.158. The third kappa shape index (κ3) is 4.47. The van der Waals surface area contributed by atoms with Crippen molar-refractivity contribution in [2.45, 2.75) is 37.7 Å². The van der Waals surface area contributed by atoms with Gasteiger partial charge in [0.1, 0.15) is 0 Å². The molecule has 0 unspecified atom stereocenters. The van der Waals surface area contributed by atoms with Gasteiger partial charge in [-0.1, -0.05) is 41.1 Å². The molecular formula is C15H21N3O2S. The highest BCUT2D eigenvalue weighted by Crippen LogP contribution is 2.21. The SMILES string of the molecule is COCCCn1c(SCc2cc(C)cc(C)c2)n[nH]c1=O. The average Bonchev–Trinajstić information content (AvgIpc) is 2.77. The van der Waals surface area contributed by atoms with Gasteiger partial charge in [0.05, 0.1) is 0 Å². The van der Waals surface area contributed by atoms with E-state index in [4.69, 9.17) is 4.74 Å². The summed E-state index contributed by atoms with van der Waals surface area (Å²) in [6.07, 6.45) is 0.799. The van der Waals surface area contributed by atoms with E-state index in [1.165, 1.54) is 16.7 Å². The first-order valence-electron chi connectivity index (χ1n) is 6.94. The summed E-state index contributed by atoms with van der Waals surface area (Å²) < 4.78 is 6.70. The Kier molecular flexibility index (Phi) is 5.64. The fourth-order valence-corrected chi connectivity index (χ4v) is 3.18. The van der Waals surface area contributed by atoms with Gasteiger partial charge < -0.3 is 4.74 Å². The zero-order valence-electron chi connectivity index (χ0n) is 12.7. The molecule has 114 valence electrons. The van der Waals surface area contributed by atoms with E-state index in [9.17, 15) is 4.79 Å². The van der Waals surface area contributed by atoms with E-state index in [0.29, 0.717) is 13.2 Å². The molecule has 0 aliphatic rings. The van der Waals surface area contributed by atoms with Crippen LogP contribution in [0, 0.1) is 13.8 Å². The third-order valence-corrected chi connectivity index (χ3v) is 4.15. The molecule has 0 spiro atoms. The van der Waals surface area contributed by atoms with Gasteiger partial charge >= 0.3 is 5.69 Å². The van der Waals surface area contributed by atoms with E-state index < -0.39 is 0 Å². The van der Waals surface area contributed by atoms with Crippen LogP contribution in [-0.4, -0.2) is 28.5 Å². The van der Waals surface area contributed by atoms with Crippen LogP contribution in [0.2, 0.25) is 0 Å². The molecule has 0 atom stereocenters. The predicted octanol–water partition coefficient (Wildman–Crippen LogP) is 2.52. The normalized spacial score (nSPS) is 11.0. The van der Waals surface area contributed by atoms with Crippen molar-refractivity contribution in [2.75, 3.05) is 13.7 Å². The van der Waals surface area contributed by atoms with Crippen molar-refractivity contribution in [3.8, 4) is 0 Å². The molecule has 0 saturated heterocycles. The van der Waals surface area contributed by atoms with Crippen molar-refractivity contribution in [1.29, 1.82) is 0 Å². The number of hydrogen-bond acceptors (Lipinski definition) is 4. The molecule has 6 heteroatoms. The quantitative estimate of drug-likeness (QED) is 0.631. The number of hydrogen-bond donors (Lipinski definition) is 1.